The third-order valence-corrected chi connectivity index (χ3v) is 4.24. The fourth-order valence-electron chi connectivity index (χ4n) is 3.44. The van der Waals surface area contributed by atoms with E-state index in [9.17, 15) is 4.79 Å². The Morgan fingerprint density at radius 3 is 2.81 bits per heavy atom. The van der Waals surface area contributed by atoms with E-state index in [0.29, 0.717) is 11.5 Å². The number of hydrogen-bond donors (Lipinski definition) is 1. The Morgan fingerprint density at radius 2 is 2.25 bits per heavy atom. The van der Waals surface area contributed by atoms with Crippen LogP contribution in [0.5, 0.6) is 0 Å². The molecule has 0 aromatic rings. The molecule has 0 aromatic heterocycles. The van der Waals surface area contributed by atoms with Crippen LogP contribution < -0.4 is 5.32 Å². The number of nitrogens with one attached hydrogen (secondary N) is 1. The van der Waals surface area contributed by atoms with Gasteiger partial charge in [-0.1, -0.05) is 18.9 Å². The molecule has 1 aliphatic heterocycles. The molecule has 1 N–H and O–H groups in total. The molecule has 1 saturated heterocycles. The fourth-order valence-corrected chi connectivity index (χ4v) is 3.44. The van der Waals surface area contributed by atoms with Gasteiger partial charge in [0.1, 0.15) is 6.04 Å². The van der Waals surface area contributed by atoms with Crippen molar-refractivity contribution in [1.82, 2.24) is 5.32 Å². The van der Waals surface area contributed by atoms with Crippen molar-refractivity contribution in [2.45, 2.75) is 50.6 Å². The highest BCUT2D eigenvalue weighted by Gasteiger charge is 2.49. The van der Waals surface area contributed by atoms with Crippen LogP contribution in [0.15, 0.2) is 12.7 Å². The molecule has 90 valence electrons. The Balaban J connectivity index is 2.11. The number of ether oxygens (including phenoxy) is 1. The Bertz CT molecular complexity index is 282. The van der Waals surface area contributed by atoms with Crippen LogP contribution in [-0.4, -0.2) is 25.2 Å². The fraction of sp³-hybridized carbons (Fsp3) is 0.769. The second-order valence-electron chi connectivity index (χ2n) is 5.09. The number of carbonyl (C=O) groups is 1. The van der Waals surface area contributed by atoms with Gasteiger partial charge in [-0.2, -0.15) is 0 Å². The highest BCUT2D eigenvalue weighted by Crippen LogP contribution is 2.49. The first-order chi connectivity index (χ1) is 7.72. The number of hydrogen-bond acceptors (Lipinski definition) is 3. The Morgan fingerprint density at radius 1 is 1.56 bits per heavy atom. The van der Waals surface area contributed by atoms with E-state index in [-0.39, 0.29) is 12.0 Å². The van der Waals surface area contributed by atoms with Gasteiger partial charge < -0.3 is 10.1 Å². The van der Waals surface area contributed by atoms with Crippen LogP contribution in [0.3, 0.4) is 0 Å². The van der Waals surface area contributed by atoms with Gasteiger partial charge >= 0.3 is 5.97 Å². The summed E-state index contributed by atoms with van der Waals surface area (Å²) in [6.45, 7) is 3.81. The van der Waals surface area contributed by atoms with Gasteiger partial charge in [0.15, 0.2) is 0 Å². The van der Waals surface area contributed by atoms with Crippen LogP contribution in [0.25, 0.3) is 0 Å². The van der Waals surface area contributed by atoms with Gasteiger partial charge in [-0.3, -0.25) is 4.79 Å². The predicted molar refractivity (Wildman–Crippen MR) is 63.1 cm³/mol. The molecular formula is C13H21NO2. The van der Waals surface area contributed by atoms with Crippen molar-refractivity contribution in [3.05, 3.63) is 12.7 Å². The van der Waals surface area contributed by atoms with Gasteiger partial charge in [-0.25, -0.2) is 0 Å². The molecule has 3 nitrogen and oxygen atoms in total. The molecule has 0 amide bonds. The van der Waals surface area contributed by atoms with E-state index in [1.54, 1.807) is 0 Å². The maximum absolute atomic E-state index is 11.6. The van der Waals surface area contributed by atoms with Crippen LogP contribution in [-0.2, 0) is 9.53 Å². The summed E-state index contributed by atoms with van der Waals surface area (Å²) in [5.41, 5.74) is 0.326. The predicted octanol–water partition coefficient (Wildman–Crippen LogP) is 2.03. The zero-order valence-electron chi connectivity index (χ0n) is 10.00. The minimum absolute atomic E-state index is 0.104. The maximum Gasteiger partial charge on any atom is 0.322 e. The minimum Gasteiger partial charge on any atom is -0.468 e. The molecule has 1 heterocycles. The normalized spacial score (nSPS) is 31.8. The van der Waals surface area contributed by atoms with Crippen molar-refractivity contribution in [2.24, 2.45) is 5.41 Å². The number of esters is 1. The summed E-state index contributed by atoms with van der Waals surface area (Å²) in [5.74, 6) is -0.113. The van der Waals surface area contributed by atoms with Crippen LogP contribution in [0.4, 0.5) is 0 Å². The van der Waals surface area contributed by atoms with E-state index in [1.165, 1.54) is 32.8 Å². The zero-order chi connectivity index (χ0) is 11.6. The minimum atomic E-state index is -0.113. The molecule has 16 heavy (non-hydrogen) atoms. The summed E-state index contributed by atoms with van der Waals surface area (Å²) in [5, 5.41) is 3.43. The van der Waals surface area contributed by atoms with Crippen molar-refractivity contribution >= 4 is 5.97 Å². The van der Waals surface area contributed by atoms with Crippen LogP contribution >= 0.6 is 0 Å². The van der Waals surface area contributed by atoms with Crippen molar-refractivity contribution < 1.29 is 9.53 Å². The van der Waals surface area contributed by atoms with E-state index >= 15 is 0 Å². The first-order valence-electron chi connectivity index (χ1n) is 6.16. The lowest BCUT2D eigenvalue weighted by Gasteiger charge is -2.29. The molecule has 3 heteroatoms. The smallest absolute Gasteiger partial charge is 0.322 e. The molecule has 1 saturated carbocycles. The maximum atomic E-state index is 11.6. The molecule has 2 aliphatic rings. The summed E-state index contributed by atoms with van der Waals surface area (Å²) in [6, 6.07) is 0.310. The lowest BCUT2D eigenvalue weighted by Crippen LogP contribution is -2.38. The van der Waals surface area contributed by atoms with Crippen molar-refractivity contribution in [1.29, 1.82) is 0 Å². The lowest BCUT2D eigenvalue weighted by atomic mass is 9.77. The van der Waals surface area contributed by atoms with E-state index < -0.39 is 0 Å². The topological polar surface area (TPSA) is 38.3 Å². The van der Waals surface area contributed by atoms with E-state index in [2.05, 4.69) is 11.9 Å². The molecule has 0 bridgehead atoms. The molecule has 2 atom stereocenters. The molecule has 2 rings (SSSR count). The third kappa shape index (κ3) is 1.88. The molecule has 0 radical (unpaired) electrons. The summed E-state index contributed by atoms with van der Waals surface area (Å²) < 4.78 is 4.84. The van der Waals surface area contributed by atoms with E-state index in [1.807, 2.05) is 6.08 Å². The van der Waals surface area contributed by atoms with Gasteiger partial charge in [-0.05, 0) is 31.1 Å². The van der Waals surface area contributed by atoms with Gasteiger partial charge in [-0.15, -0.1) is 6.58 Å². The molecule has 1 aliphatic carbocycles. The SMILES string of the molecule is C=CC[C@@H]1N[C@H](C(=O)OC)CC12CCCC2. The number of carbonyl (C=O) groups excluding carboxylic acids is 1. The van der Waals surface area contributed by atoms with Gasteiger partial charge in [0.2, 0.25) is 0 Å². The average Bonchev–Trinajstić information content (AvgIpc) is 2.88. The average molecular weight is 223 g/mol. The number of rotatable bonds is 3. The van der Waals surface area contributed by atoms with Crippen molar-refractivity contribution in [3.8, 4) is 0 Å². The molecular weight excluding hydrogens is 202 g/mol. The van der Waals surface area contributed by atoms with E-state index in [4.69, 9.17) is 4.74 Å². The summed E-state index contributed by atoms with van der Waals surface area (Å²) >= 11 is 0. The second kappa shape index (κ2) is 4.58. The van der Waals surface area contributed by atoms with Crippen LogP contribution in [0.1, 0.15) is 38.5 Å². The molecule has 0 aromatic carbocycles. The highest BCUT2D eigenvalue weighted by molar-refractivity contribution is 5.76. The van der Waals surface area contributed by atoms with Crippen LogP contribution in [0, 0.1) is 5.41 Å². The first-order valence-corrected chi connectivity index (χ1v) is 6.16. The van der Waals surface area contributed by atoms with Crippen LogP contribution in [0.2, 0.25) is 0 Å². The van der Waals surface area contributed by atoms with Crippen molar-refractivity contribution in [3.63, 3.8) is 0 Å². The highest BCUT2D eigenvalue weighted by atomic mass is 16.5. The molecule has 1 spiro atoms. The Hall–Kier alpha value is -0.830. The first kappa shape index (κ1) is 11.6. The van der Waals surface area contributed by atoms with Gasteiger partial charge in [0.25, 0.3) is 0 Å². The standard InChI is InChI=1S/C13H21NO2/c1-3-6-11-13(7-4-5-8-13)9-10(14-11)12(15)16-2/h3,10-11,14H,1,4-9H2,2H3/t10-,11-/m0/s1. The van der Waals surface area contributed by atoms with Gasteiger partial charge in [0.05, 0.1) is 7.11 Å². The number of methoxy groups -OCH3 is 1. The van der Waals surface area contributed by atoms with E-state index in [0.717, 1.165) is 12.8 Å². The quantitative estimate of drug-likeness (QED) is 0.587. The monoisotopic (exact) mass is 223 g/mol. The third-order valence-electron chi connectivity index (χ3n) is 4.24. The second-order valence-corrected chi connectivity index (χ2v) is 5.09. The van der Waals surface area contributed by atoms with Crippen molar-refractivity contribution in [2.75, 3.05) is 7.11 Å². The summed E-state index contributed by atoms with van der Waals surface area (Å²) in [4.78, 5) is 11.6. The molecule has 2 fully saturated rings. The molecule has 0 unspecified atom stereocenters. The zero-order valence-corrected chi connectivity index (χ0v) is 10.00. The lowest BCUT2D eigenvalue weighted by molar-refractivity contribution is -0.142. The summed E-state index contributed by atoms with van der Waals surface area (Å²) in [6.07, 6.45) is 8.92. The largest absolute Gasteiger partial charge is 0.468 e. The summed E-state index contributed by atoms with van der Waals surface area (Å²) in [7, 11) is 1.46. The van der Waals surface area contributed by atoms with Gasteiger partial charge in [0, 0.05) is 6.04 Å². The Kier molecular flexibility index (Phi) is 3.33. The Labute approximate surface area is 97.2 Å².